The van der Waals surface area contributed by atoms with Crippen LogP contribution in [0.2, 0.25) is 10.0 Å². The fourth-order valence-electron chi connectivity index (χ4n) is 2.91. The zero-order valence-corrected chi connectivity index (χ0v) is 18.8. The van der Waals surface area contributed by atoms with Crippen LogP contribution in [0.25, 0.3) is 0 Å². The highest BCUT2D eigenvalue weighted by Crippen LogP contribution is 2.37. The molecule has 0 saturated heterocycles. The summed E-state index contributed by atoms with van der Waals surface area (Å²) in [4.78, 5) is 12.6. The van der Waals surface area contributed by atoms with E-state index in [1.54, 1.807) is 17.8 Å². The number of aromatic nitrogens is 3. The molecular formula is C21H24Cl2N4S. The third-order valence-electron chi connectivity index (χ3n) is 4.13. The van der Waals surface area contributed by atoms with Gasteiger partial charge >= 0.3 is 0 Å². The van der Waals surface area contributed by atoms with E-state index in [-0.39, 0.29) is 0 Å². The Kier molecular flexibility index (Phi) is 7.05. The molecule has 0 atom stereocenters. The molecule has 2 heterocycles. The molecule has 0 saturated carbocycles. The summed E-state index contributed by atoms with van der Waals surface area (Å²) in [6, 6.07) is 11.6. The van der Waals surface area contributed by atoms with Crippen molar-refractivity contribution in [2.45, 2.75) is 42.8 Å². The van der Waals surface area contributed by atoms with Gasteiger partial charge in [-0.15, -0.1) is 0 Å². The zero-order chi connectivity index (χ0) is 20.3. The Balaban J connectivity index is 2.09. The van der Waals surface area contributed by atoms with Crippen LogP contribution in [0.1, 0.15) is 37.0 Å². The molecule has 3 aromatic rings. The van der Waals surface area contributed by atoms with Gasteiger partial charge in [-0.3, -0.25) is 4.98 Å². The molecule has 7 heteroatoms. The Hall–Kier alpha value is -1.53. The number of hydrogen-bond donors (Lipinski definition) is 0. The average molecular weight is 435 g/mol. The lowest BCUT2D eigenvalue weighted by Gasteiger charge is -2.15. The van der Waals surface area contributed by atoms with Crippen LogP contribution >= 0.6 is 35.0 Å². The highest BCUT2D eigenvalue weighted by Gasteiger charge is 2.21. The molecule has 0 spiro atoms. The maximum atomic E-state index is 6.23. The van der Waals surface area contributed by atoms with E-state index in [9.17, 15) is 0 Å². The zero-order valence-electron chi connectivity index (χ0n) is 16.5. The van der Waals surface area contributed by atoms with Crippen molar-refractivity contribution >= 4 is 35.0 Å². The van der Waals surface area contributed by atoms with Gasteiger partial charge in [0.1, 0.15) is 10.9 Å². The van der Waals surface area contributed by atoms with Crippen LogP contribution < -0.4 is 0 Å². The molecule has 148 valence electrons. The van der Waals surface area contributed by atoms with Crippen molar-refractivity contribution in [1.82, 2.24) is 19.4 Å². The Bertz CT molecular complexity index is 919. The van der Waals surface area contributed by atoms with E-state index >= 15 is 0 Å². The molecular weight excluding hydrogens is 411 g/mol. The van der Waals surface area contributed by atoms with Crippen LogP contribution in [-0.2, 0) is 13.1 Å². The first-order valence-corrected chi connectivity index (χ1v) is 10.7. The van der Waals surface area contributed by atoms with E-state index in [1.165, 1.54) is 0 Å². The smallest absolute Gasteiger partial charge is 0.124 e. The summed E-state index contributed by atoms with van der Waals surface area (Å²) >= 11 is 14.1. The quantitative estimate of drug-likeness (QED) is 0.458. The van der Waals surface area contributed by atoms with Gasteiger partial charge in [0.05, 0.1) is 24.5 Å². The topological polar surface area (TPSA) is 34.0 Å². The molecule has 0 aliphatic carbocycles. The lowest BCUT2D eigenvalue weighted by Crippen LogP contribution is -2.16. The summed E-state index contributed by atoms with van der Waals surface area (Å²) < 4.78 is 2.26. The molecule has 0 aliphatic heterocycles. The number of benzene rings is 1. The summed E-state index contributed by atoms with van der Waals surface area (Å²) in [7, 11) is 4.11. The number of hydrogen-bond acceptors (Lipinski definition) is 4. The minimum Gasteiger partial charge on any atom is -0.316 e. The number of rotatable bonds is 7. The van der Waals surface area contributed by atoms with Crippen LogP contribution in [0.4, 0.5) is 0 Å². The standard InChI is InChI=1S/C21H24Cl2N4S/c1-14(2)20-21(28-18-10-15(22)9-16(23)11-18)27(19(25-20)13-26(3)4)12-17-7-5-6-8-24-17/h5-11,14H,12-13H2,1-4H3. The molecule has 0 N–H and O–H groups in total. The first-order chi connectivity index (χ1) is 13.3. The third-order valence-corrected chi connectivity index (χ3v) is 5.66. The van der Waals surface area contributed by atoms with Crippen LogP contribution in [0.3, 0.4) is 0 Å². The van der Waals surface area contributed by atoms with Crippen molar-refractivity contribution in [3.8, 4) is 0 Å². The molecule has 0 radical (unpaired) electrons. The Morgan fingerprint density at radius 1 is 1.11 bits per heavy atom. The minimum absolute atomic E-state index is 0.294. The molecule has 0 unspecified atom stereocenters. The van der Waals surface area contributed by atoms with Crippen molar-refractivity contribution < 1.29 is 0 Å². The second-order valence-electron chi connectivity index (χ2n) is 7.23. The summed E-state index contributed by atoms with van der Waals surface area (Å²) in [5.41, 5.74) is 2.08. The van der Waals surface area contributed by atoms with Crippen LogP contribution in [0, 0.1) is 0 Å². The molecule has 3 rings (SSSR count). The van der Waals surface area contributed by atoms with Gasteiger partial charge in [-0.2, -0.15) is 0 Å². The second kappa shape index (κ2) is 9.31. The van der Waals surface area contributed by atoms with E-state index in [4.69, 9.17) is 28.2 Å². The molecule has 0 bridgehead atoms. The molecule has 28 heavy (non-hydrogen) atoms. The van der Waals surface area contributed by atoms with Crippen molar-refractivity contribution in [3.05, 3.63) is 69.9 Å². The van der Waals surface area contributed by atoms with Crippen molar-refractivity contribution in [3.63, 3.8) is 0 Å². The van der Waals surface area contributed by atoms with Crippen molar-refractivity contribution in [2.75, 3.05) is 14.1 Å². The largest absolute Gasteiger partial charge is 0.316 e. The first-order valence-electron chi connectivity index (χ1n) is 9.11. The highest BCUT2D eigenvalue weighted by atomic mass is 35.5. The van der Waals surface area contributed by atoms with Gasteiger partial charge in [-0.25, -0.2) is 4.98 Å². The molecule has 0 amide bonds. The highest BCUT2D eigenvalue weighted by molar-refractivity contribution is 7.99. The summed E-state index contributed by atoms with van der Waals surface area (Å²) in [6.07, 6.45) is 1.82. The van der Waals surface area contributed by atoms with Gasteiger partial charge in [0.15, 0.2) is 0 Å². The molecule has 4 nitrogen and oxygen atoms in total. The van der Waals surface area contributed by atoms with Crippen LogP contribution in [-0.4, -0.2) is 33.5 Å². The second-order valence-corrected chi connectivity index (χ2v) is 9.16. The maximum absolute atomic E-state index is 6.23. The lowest BCUT2D eigenvalue weighted by molar-refractivity contribution is 0.380. The Morgan fingerprint density at radius 3 is 2.39 bits per heavy atom. The minimum atomic E-state index is 0.294. The van der Waals surface area contributed by atoms with E-state index in [0.29, 0.717) is 22.5 Å². The van der Waals surface area contributed by atoms with Gasteiger partial charge in [-0.05, 0) is 50.3 Å². The number of halogens is 2. The SMILES string of the molecule is CC(C)c1nc(CN(C)C)n(Cc2ccccn2)c1Sc1cc(Cl)cc(Cl)c1. The number of pyridine rings is 1. The fourth-order valence-corrected chi connectivity index (χ4v) is 4.82. The predicted molar refractivity (Wildman–Crippen MR) is 118 cm³/mol. The van der Waals surface area contributed by atoms with Gasteiger partial charge in [0, 0.05) is 21.1 Å². The predicted octanol–water partition coefficient (Wildman–Crippen LogP) is 5.97. The van der Waals surface area contributed by atoms with E-state index < -0.39 is 0 Å². The number of imidazole rings is 1. The van der Waals surface area contributed by atoms with Gasteiger partial charge in [0.2, 0.25) is 0 Å². The average Bonchev–Trinajstić information content (AvgIpc) is 2.92. The summed E-state index contributed by atoms with van der Waals surface area (Å²) in [5.74, 6) is 1.32. The van der Waals surface area contributed by atoms with Gasteiger partial charge in [0.25, 0.3) is 0 Å². The summed E-state index contributed by atoms with van der Waals surface area (Å²) in [6.45, 7) is 5.76. The first kappa shape index (κ1) is 21.2. The normalized spacial score (nSPS) is 11.6. The third kappa shape index (κ3) is 5.29. The monoisotopic (exact) mass is 434 g/mol. The summed E-state index contributed by atoms with van der Waals surface area (Å²) in [5, 5.41) is 2.37. The van der Waals surface area contributed by atoms with Crippen LogP contribution in [0.15, 0.2) is 52.5 Å². The molecule has 0 fully saturated rings. The van der Waals surface area contributed by atoms with Crippen molar-refractivity contribution in [1.29, 1.82) is 0 Å². The Morgan fingerprint density at radius 2 is 1.82 bits per heavy atom. The van der Waals surface area contributed by atoms with E-state index in [1.807, 2.05) is 36.5 Å². The lowest BCUT2D eigenvalue weighted by atomic mass is 10.1. The van der Waals surface area contributed by atoms with Crippen LogP contribution in [0.5, 0.6) is 0 Å². The fraction of sp³-hybridized carbons (Fsp3) is 0.333. The molecule has 0 aliphatic rings. The molecule has 1 aromatic carbocycles. The Labute approximate surface area is 180 Å². The maximum Gasteiger partial charge on any atom is 0.124 e. The number of nitrogens with zero attached hydrogens (tertiary/aromatic N) is 4. The van der Waals surface area contributed by atoms with Crippen molar-refractivity contribution in [2.24, 2.45) is 0 Å². The molecule has 2 aromatic heterocycles. The van der Waals surface area contributed by atoms with Gasteiger partial charge < -0.3 is 9.47 Å². The van der Waals surface area contributed by atoms with E-state index in [0.717, 1.165) is 33.7 Å². The van der Waals surface area contributed by atoms with E-state index in [2.05, 4.69) is 42.4 Å². The van der Waals surface area contributed by atoms with Gasteiger partial charge in [-0.1, -0.05) is 54.9 Å².